The molecule has 38 heavy (non-hydrogen) atoms. The number of benzene rings is 3. The number of sulfonamides is 1. The van der Waals surface area contributed by atoms with Gasteiger partial charge >= 0.3 is 0 Å². The van der Waals surface area contributed by atoms with Crippen molar-refractivity contribution in [1.29, 1.82) is 0 Å². The Morgan fingerprint density at radius 3 is 2.05 bits per heavy atom. The van der Waals surface area contributed by atoms with Crippen LogP contribution in [0.25, 0.3) is 0 Å². The molecule has 7 nitrogen and oxygen atoms in total. The van der Waals surface area contributed by atoms with Crippen LogP contribution in [0.5, 0.6) is 0 Å². The summed E-state index contributed by atoms with van der Waals surface area (Å²) in [4.78, 5) is 27.8. The molecule has 3 aromatic rings. The van der Waals surface area contributed by atoms with E-state index in [1.165, 1.54) is 49.4 Å². The number of halogens is 2. The van der Waals surface area contributed by atoms with Gasteiger partial charge in [0.05, 0.1) is 10.6 Å². The lowest BCUT2D eigenvalue weighted by atomic mass is 10.1. The molecular formula is C28H31F2N3O4S. The maximum absolute atomic E-state index is 14.5. The number of anilines is 1. The van der Waals surface area contributed by atoms with Gasteiger partial charge in [-0.1, -0.05) is 36.4 Å². The highest BCUT2D eigenvalue weighted by Gasteiger charge is 2.33. The third-order valence-corrected chi connectivity index (χ3v) is 7.48. The number of carbonyl (C=O) groups excluding carboxylic acids is 2. The topological polar surface area (TPSA) is 86.8 Å². The zero-order valence-corrected chi connectivity index (χ0v) is 22.5. The lowest BCUT2D eigenvalue weighted by Crippen LogP contribution is -2.54. The zero-order chi connectivity index (χ0) is 28.1. The van der Waals surface area contributed by atoms with Crippen LogP contribution in [0.4, 0.5) is 14.5 Å². The van der Waals surface area contributed by atoms with E-state index in [-0.39, 0.29) is 22.7 Å². The minimum atomic E-state index is -4.26. The Hall–Kier alpha value is -3.79. The lowest BCUT2D eigenvalue weighted by molar-refractivity contribution is -0.140. The van der Waals surface area contributed by atoms with Gasteiger partial charge in [-0.15, -0.1) is 0 Å². The Morgan fingerprint density at radius 1 is 0.895 bits per heavy atom. The van der Waals surface area contributed by atoms with Crippen molar-refractivity contribution < 1.29 is 26.8 Å². The summed E-state index contributed by atoms with van der Waals surface area (Å²) >= 11 is 0. The molecule has 0 saturated heterocycles. The summed E-state index contributed by atoms with van der Waals surface area (Å²) in [6.45, 7) is 5.86. The van der Waals surface area contributed by atoms with Crippen molar-refractivity contribution in [2.24, 2.45) is 0 Å². The van der Waals surface area contributed by atoms with Crippen LogP contribution in [-0.4, -0.2) is 43.3 Å². The number of carbonyl (C=O) groups is 2. The standard InChI is InChI=1S/C28H31F2N3O4S/c1-20(27(35)31-28(2,3)4)32(18-21-10-8-9-13-25(21)30)26(34)19-33(23-16-14-22(29)15-17-23)38(36,37)24-11-6-5-7-12-24/h5-17,20H,18-19H2,1-4H3,(H,31,35)/t20-/m0/s1. The van der Waals surface area contributed by atoms with E-state index in [1.54, 1.807) is 45.0 Å². The van der Waals surface area contributed by atoms with Crippen molar-refractivity contribution in [2.45, 2.75) is 50.7 Å². The van der Waals surface area contributed by atoms with E-state index in [0.717, 1.165) is 21.3 Å². The summed E-state index contributed by atoms with van der Waals surface area (Å²) in [5, 5.41) is 2.80. The maximum Gasteiger partial charge on any atom is 0.264 e. The summed E-state index contributed by atoms with van der Waals surface area (Å²) in [5.74, 6) is -2.37. The first-order chi connectivity index (χ1) is 17.8. The van der Waals surface area contributed by atoms with Crippen molar-refractivity contribution in [3.05, 3.63) is 96.1 Å². The maximum atomic E-state index is 14.5. The molecule has 0 heterocycles. The summed E-state index contributed by atoms with van der Waals surface area (Å²) in [6, 6.07) is 16.9. The molecule has 0 aliphatic heterocycles. The fourth-order valence-electron chi connectivity index (χ4n) is 3.72. The Balaban J connectivity index is 2.03. The predicted molar refractivity (Wildman–Crippen MR) is 142 cm³/mol. The Kier molecular flexibility index (Phi) is 8.88. The number of nitrogens with one attached hydrogen (secondary N) is 1. The van der Waals surface area contributed by atoms with E-state index in [9.17, 15) is 26.8 Å². The summed E-state index contributed by atoms with van der Waals surface area (Å²) in [6.07, 6.45) is 0. The minimum absolute atomic E-state index is 0.0567. The molecule has 10 heteroatoms. The molecule has 3 aromatic carbocycles. The highest BCUT2D eigenvalue weighted by molar-refractivity contribution is 7.92. The van der Waals surface area contributed by atoms with E-state index in [2.05, 4.69) is 5.32 Å². The minimum Gasteiger partial charge on any atom is -0.350 e. The fourth-order valence-corrected chi connectivity index (χ4v) is 5.16. The van der Waals surface area contributed by atoms with Gasteiger partial charge in [-0.2, -0.15) is 0 Å². The molecule has 202 valence electrons. The third kappa shape index (κ3) is 7.16. The lowest BCUT2D eigenvalue weighted by Gasteiger charge is -2.33. The first kappa shape index (κ1) is 28.8. The highest BCUT2D eigenvalue weighted by atomic mass is 32.2. The molecule has 2 amide bonds. The molecule has 0 unspecified atom stereocenters. The van der Waals surface area contributed by atoms with E-state index in [4.69, 9.17) is 0 Å². The van der Waals surface area contributed by atoms with Crippen LogP contribution in [0.1, 0.15) is 33.3 Å². The molecule has 1 N–H and O–H groups in total. The summed E-state index contributed by atoms with van der Waals surface area (Å²) < 4.78 is 56.2. The van der Waals surface area contributed by atoms with Crippen molar-refractivity contribution >= 4 is 27.5 Å². The van der Waals surface area contributed by atoms with Crippen molar-refractivity contribution in [2.75, 3.05) is 10.8 Å². The predicted octanol–water partition coefficient (Wildman–Crippen LogP) is 4.49. The quantitative estimate of drug-likeness (QED) is 0.431. The molecule has 1 atom stereocenters. The van der Waals surface area contributed by atoms with Crippen LogP contribution in [-0.2, 0) is 26.2 Å². The van der Waals surface area contributed by atoms with Crippen molar-refractivity contribution in [3.8, 4) is 0 Å². The molecule has 0 aliphatic carbocycles. The van der Waals surface area contributed by atoms with Gasteiger partial charge in [-0.05, 0) is 70.2 Å². The Labute approximate surface area is 222 Å². The summed E-state index contributed by atoms with van der Waals surface area (Å²) in [5.41, 5.74) is -0.383. The Morgan fingerprint density at radius 2 is 1.47 bits per heavy atom. The highest BCUT2D eigenvalue weighted by Crippen LogP contribution is 2.25. The number of rotatable bonds is 9. The van der Waals surface area contributed by atoms with Crippen LogP contribution in [0.3, 0.4) is 0 Å². The summed E-state index contributed by atoms with van der Waals surface area (Å²) in [7, 11) is -4.26. The van der Waals surface area contributed by atoms with Gasteiger partial charge in [0.2, 0.25) is 11.8 Å². The van der Waals surface area contributed by atoms with Crippen LogP contribution in [0.2, 0.25) is 0 Å². The average molecular weight is 544 g/mol. The van der Waals surface area contributed by atoms with Crippen LogP contribution in [0, 0.1) is 11.6 Å². The molecule has 0 spiro atoms. The van der Waals surface area contributed by atoms with Gasteiger partial charge in [0.25, 0.3) is 10.0 Å². The SMILES string of the molecule is C[C@@H](C(=O)NC(C)(C)C)N(Cc1ccccc1F)C(=O)CN(c1ccc(F)cc1)S(=O)(=O)c1ccccc1. The second-order valence-electron chi connectivity index (χ2n) is 9.83. The molecule has 0 bridgehead atoms. The van der Waals surface area contributed by atoms with Gasteiger partial charge in [-0.25, -0.2) is 17.2 Å². The number of hydrogen-bond donors (Lipinski definition) is 1. The number of amides is 2. The van der Waals surface area contributed by atoms with Crippen LogP contribution < -0.4 is 9.62 Å². The monoisotopic (exact) mass is 543 g/mol. The third-order valence-electron chi connectivity index (χ3n) is 5.69. The van der Waals surface area contributed by atoms with Crippen molar-refractivity contribution in [3.63, 3.8) is 0 Å². The molecule has 3 rings (SSSR count). The van der Waals surface area contributed by atoms with E-state index >= 15 is 0 Å². The molecule has 0 aromatic heterocycles. The van der Waals surface area contributed by atoms with E-state index in [1.807, 2.05) is 0 Å². The second kappa shape index (κ2) is 11.7. The first-order valence-corrected chi connectivity index (χ1v) is 13.4. The number of nitrogens with zero attached hydrogens (tertiary/aromatic N) is 2. The Bertz CT molecular complexity index is 1380. The normalized spacial score (nSPS) is 12.5. The van der Waals surface area contributed by atoms with Gasteiger partial charge < -0.3 is 10.2 Å². The van der Waals surface area contributed by atoms with Crippen LogP contribution in [0.15, 0.2) is 83.8 Å². The fraction of sp³-hybridized carbons (Fsp3) is 0.286. The van der Waals surface area contributed by atoms with Gasteiger partial charge in [0.1, 0.15) is 24.2 Å². The first-order valence-electron chi connectivity index (χ1n) is 12.0. The number of hydrogen-bond acceptors (Lipinski definition) is 4. The molecule has 0 saturated carbocycles. The molecule has 0 aliphatic rings. The molecular weight excluding hydrogens is 512 g/mol. The largest absolute Gasteiger partial charge is 0.350 e. The smallest absolute Gasteiger partial charge is 0.264 e. The van der Waals surface area contributed by atoms with Crippen LogP contribution >= 0.6 is 0 Å². The molecule has 0 fully saturated rings. The zero-order valence-electron chi connectivity index (χ0n) is 21.7. The average Bonchev–Trinajstić information content (AvgIpc) is 2.86. The van der Waals surface area contributed by atoms with Gasteiger partial charge in [0, 0.05) is 17.6 Å². The molecule has 0 radical (unpaired) electrons. The van der Waals surface area contributed by atoms with Gasteiger partial charge in [-0.3, -0.25) is 13.9 Å². The van der Waals surface area contributed by atoms with Crippen molar-refractivity contribution in [1.82, 2.24) is 10.2 Å². The second-order valence-corrected chi connectivity index (χ2v) is 11.7. The van der Waals surface area contributed by atoms with Gasteiger partial charge in [0.15, 0.2) is 0 Å². The van der Waals surface area contributed by atoms with E-state index < -0.39 is 51.6 Å². The van der Waals surface area contributed by atoms with E-state index in [0.29, 0.717) is 0 Å².